The first-order valence-electron chi connectivity index (χ1n) is 9.95. The summed E-state index contributed by atoms with van der Waals surface area (Å²) < 4.78 is 36.9. The number of fused-ring (bicyclic) bond motifs is 2. The summed E-state index contributed by atoms with van der Waals surface area (Å²) in [4.78, 5) is 4.47. The smallest absolute Gasteiger partial charge is 0.247 e. The molecule has 7 nitrogen and oxygen atoms in total. The van der Waals surface area contributed by atoms with Gasteiger partial charge in [-0.15, -0.1) is 0 Å². The van der Waals surface area contributed by atoms with E-state index in [9.17, 15) is 8.42 Å². The van der Waals surface area contributed by atoms with Crippen LogP contribution in [0.3, 0.4) is 0 Å². The summed E-state index contributed by atoms with van der Waals surface area (Å²) >= 11 is 0. The Hall–Kier alpha value is -1.93. The molecule has 4 heterocycles. The van der Waals surface area contributed by atoms with Crippen molar-refractivity contribution in [2.24, 2.45) is 0 Å². The molecule has 2 aliphatic rings. The van der Waals surface area contributed by atoms with Crippen LogP contribution >= 0.6 is 0 Å². The summed E-state index contributed by atoms with van der Waals surface area (Å²) in [6, 6.07) is 3.82. The summed E-state index contributed by atoms with van der Waals surface area (Å²) in [5.74, 6) is 0.744. The summed E-state index contributed by atoms with van der Waals surface area (Å²) in [6.07, 6.45) is 6.63. The van der Waals surface area contributed by atoms with E-state index in [0.29, 0.717) is 23.4 Å². The van der Waals surface area contributed by atoms with Gasteiger partial charge in [-0.05, 0) is 52.7 Å². The number of rotatable bonds is 5. The zero-order valence-corrected chi connectivity index (χ0v) is 17.7. The average Bonchev–Trinajstić information content (AvgIpc) is 3.10. The normalized spacial score (nSPS) is 25.4. The molecule has 0 amide bonds. The quantitative estimate of drug-likeness (QED) is 0.765. The van der Waals surface area contributed by atoms with Crippen LogP contribution in [-0.2, 0) is 10.0 Å². The largest absolute Gasteiger partial charge is 0.489 e. The topological polar surface area (TPSA) is 77.3 Å². The molecule has 0 saturated carbocycles. The lowest BCUT2D eigenvalue weighted by Crippen LogP contribution is -2.49. The molecular weight excluding hydrogens is 376 g/mol. The number of hydrogen-bond donors (Lipinski definition) is 0. The first-order chi connectivity index (χ1) is 13.3. The fraction of sp³-hybridized carbons (Fsp3) is 0.600. The van der Waals surface area contributed by atoms with Crippen LogP contribution in [-0.4, -0.2) is 45.7 Å². The Morgan fingerprint density at radius 3 is 2.39 bits per heavy atom. The summed E-state index contributed by atoms with van der Waals surface area (Å²) in [5.41, 5.74) is 1.31. The van der Waals surface area contributed by atoms with E-state index in [4.69, 9.17) is 4.74 Å². The maximum Gasteiger partial charge on any atom is 0.247 e. The molecule has 4 rings (SSSR count). The molecule has 2 unspecified atom stereocenters. The number of ether oxygens (including phenoxy) is 1. The second-order valence-corrected chi connectivity index (χ2v) is 9.94. The van der Waals surface area contributed by atoms with Gasteiger partial charge in [-0.1, -0.05) is 0 Å². The van der Waals surface area contributed by atoms with Crippen LogP contribution in [0.4, 0.5) is 0 Å². The van der Waals surface area contributed by atoms with Crippen LogP contribution in [0, 0.1) is 13.8 Å². The third kappa shape index (κ3) is 3.22. The van der Waals surface area contributed by atoms with E-state index >= 15 is 0 Å². The molecule has 28 heavy (non-hydrogen) atoms. The minimum Gasteiger partial charge on any atom is -0.489 e. The number of piperidine rings is 1. The van der Waals surface area contributed by atoms with Gasteiger partial charge in [0.25, 0.3) is 0 Å². The second kappa shape index (κ2) is 7.15. The van der Waals surface area contributed by atoms with E-state index in [0.717, 1.165) is 24.3 Å². The van der Waals surface area contributed by atoms with E-state index in [1.807, 2.05) is 37.6 Å². The summed E-state index contributed by atoms with van der Waals surface area (Å²) in [7, 11) is -3.59. The number of hydrogen-bond acceptors (Lipinski definition) is 5. The maximum absolute atomic E-state index is 13.6. The first-order valence-corrected chi connectivity index (χ1v) is 11.4. The molecule has 2 saturated heterocycles. The van der Waals surface area contributed by atoms with Crippen molar-refractivity contribution in [3.63, 3.8) is 0 Å². The van der Waals surface area contributed by atoms with Crippen molar-refractivity contribution >= 4 is 10.0 Å². The summed E-state index contributed by atoms with van der Waals surface area (Å²) in [5, 5.41) is 4.49. The third-order valence-corrected chi connectivity index (χ3v) is 8.10. The lowest BCUT2D eigenvalue weighted by atomic mass is 10.0. The van der Waals surface area contributed by atoms with Crippen LogP contribution in [0.15, 0.2) is 29.4 Å². The van der Waals surface area contributed by atoms with Gasteiger partial charge in [0.1, 0.15) is 16.7 Å². The van der Waals surface area contributed by atoms with Crippen molar-refractivity contribution in [3.8, 4) is 5.75 Å². The molecular formula is C20H28N4O3S. The fourth-order valence-corrected chi connectivity index (χ4v) is 7.07. The highest BCUT2D eigenvalue weighted by Crippen LogP contribution is 2.42. The highest BCUT2D eigenvalue weighted by molar-refractivity contribution is 7.89. The lowest BCUT2D eigenvalue weighted by molar-refractivity contribution is 0.0953. The van der Waals surface area contributed by atoms with Crippen LogP contribution in [0.5, 0.6) is 5.75 Å². The Kier molecular flexibility index (Phi) is 4.95. The Bertz CT molecular complexity index is 941. The Morgan fingerprint density at radius 1 is 1.18 bits per heavy atom. The van der Waals surface area contributed by atoms with Crippen molar-refractivity contribution in [1.82, 2.24) is 19.1 Å². The highest BCUT2D eigenvalue weighted by Gasteiger charge is 2.49. The molecule has 0 spiro atoms. The van der Waals surface area contributed by atoms with Crippen molar-refractivity contribution in [3.05, 3.63) is 35.9 Å². The number of pyridine rings is 1. The third-order valence-electron chi connectivity index (χ3n) is 5.84. The van der Waals surface area contributed by atoms with Crippen molar-refractivity contribution in [2.45, 2.75) is 82.5 Å². The highest BCUT2D eigenvalue weighted by atomic mass is 32.2. The molecule has 2 aromatic rings. The monoisotopic (exact) mass is 404 g/mol. The molecule has 2 fully saturated rings. The van der Waals surface area contributed by atoms with Gasteiger partial charge in [0, 0.05) is 37.2 Å². The van der Waals surface area contributed by atoms with E-state index in [2.05, 4.69) is 10.1 Å². The maximum atomic E-state index is 13.6. The van der Waals surface area contributed by atoms with Crippen LogP contribution < -0.4 is 4.74 Å². The molecule has 2 bridgehead atoms. The Labute approximate surface area is 166 Å². The zero-order valence-electron chi connectivity index (χ0n) is 16.9. The van der Waals surface area contributed by atoms with Gasteiger partial charge in [-0.25, -0.2) is 8.42 Å². The number of sulfonamides is 1. The van der Waals surface area contributed by atoms with Gasteiger partial charge in [-0.3, -0.25) is 9.67 Å². The van der Waals surface area contributed by atoms with Crippen LogP contribution in [0.2, 0.25) is 0 Å². The predicted molar refractivity (Wildman–Crippen MR) is 106 cm³/mol. The molecule has 0 aromatic carbocycles. The number of nitrogens with zero attached hydrogens (tertiary/aromatic N) is 4. The lowest BCUT2D eigenvalue weighted by Gasteiger charge is -2.37. The molecule has 2 atom stereocenters. The molecule has 2 aliphatic heterocycles. The number of aromatic nitrogens is 3. The molecule has 0 N–H and O–H groups in total. The summed E-state index contributed by atoms with van der Waals surface area (Å²) in [6.45, 7) is 7.67. The Morgan fingerprint density at radius 2 is 1.86 bits per heavy atom. The standard InChI is InChI=1S/C20H28N4O3S/c1-13(2)23-15(4)20(14(3)22-23)28(25,26)24-16-7-8-17(24)11-19(10-16)27-18-6-5-9-21-12-18/h5-6,9,12-13,16-17,19H,7-8,10-11H2,1-4H3. The first kappa shape index (κ1) is 19.4. The van der Waals surface area contributed by atoms with E-state index in [-0.39, 0.29) is 24.2 Å². The SMILES string of the molecule is Cc1nn(C(C)C)c(C)c1S(=O)(=O)N1C2CCC1CC(Oc1cccnc1)C2. The van der Waals surface area contributed by atoms with Gasteiger partial charge < -0.3 is 4.74 Å². The van der Waals surface area contributed by atoms with Gasteiger partial charge in [0.2, 0.25) is 10.0 Å². The van der Waals surface area contributed by atoms with E-state index < -0.39 is 10.0 Å². The van der Waals surface area contributed by atoms with Crippen molar-refractivity contribution in [1.29, 1.82) is 0 Å². The minimum atomic E-state index is -3.59. The van der Waals surface area contributed by atoms with Gasteiger partial charge in [-0.2, -0.15) is 9.40 Å². The van der Waals surface area contributed by atoms with E-state index in [1.54, 1.807) is 23.6 Å². The molecule has 152 valence electrons. The van der Waals surface area contributed by atoms with Gasteiger partial charge in [0.05, 0.1) is 17.6 Å². The predicted octanol–water partition coefficient (Wildman–Crippen LogP) is 3.24. The Balaban J connectivity index is 1.59. The second-order valence-electron chi connectivity index (χ2n) is 8.16. The van der Waals surface area contributed by atoms with Crippen molar-refractivity contribution in [2.75, 3.05) is 0 Å². The molecule has 0 radical (unpaired) electrons. The number of aryl methyl sites for hydroxylation is 1. The molecule has 2 aromatic heterocycles. The van der Waals surface area contributed by atoms with E-state index in [1.165, 1.54) is 0 Å². The molecule has 0 aliphatic carbocycles. The zero-order chi connectivity index (χ0) is 20.1. The van der Waals surface area contributed by atoms with Crippen LogP contribution in [0.25, 0.3) is 0 Å². The average molecular weight is 405 g/mol. The minimum absolute atomic E-state index is 0.0216. The van der Waals surface area contributed by atoms with Crippen molar-refractivity contribution < 1.29 is 13.2 Å². The molecule has 8 heteroatoms. The van der Waals surface area contributed by atoms with Crippen LogP contribution in [0.1, 0.15) is 57.0 Å². The van der Waals surface area contributed by atoms with Gasteiger partial charge >= 0.3 is 0 Å². The fourth-order valence-electron chi connectivity index (χ4n) is 4.81. The van der Waals surface area contributed by atoms with Gasteiger partial charge in [0.15, 0.2) is 0 Å².